The van der Waals surface area contributed by atoms with Crippen molar-refractivity contribution in [1.29, 1.82) is 0 Å². The van der Waals surface area contributed by atoms with E-state index in [-0.39, 0.29) is 17.7 Å². The van der Waals surface area contributed by atoms with E-state index in [0.717, 1.165) is 18.4 Å². The molecule has 0 aromatic heterocycles. The fourth-order valence-electron chi connectivity index (χ4n) is 1.07. The Bertz CT molecular complexity index is 187. The summed E-state index contributed by atoms with van der Waals surface area (Å²) in [6, 6.07) is -0.288. The number of nitrogens with two attached hydrogens (primary N) is 1. The smallest absolute Gasteiger partial charge is 0.150 e. The number of allylic oxidation sites excluding steroid dienone is 1. The molecule has 2 unspecified atom stereocenters. The molecule has 0 rings (SSSR count). The monoisotopic (exact) mass is 183 g/mol. The number of hydrogen-bond donors (Lipinski definition) is 1. The minimum absolute atomic E-state index is 0.164. The highest BCUT2D eigenvalue weighted by molar-refractivity contribution is 5.84. The van der Waals surface area contributed by atoms with Gasteiger partial charge in [0.15, 0.2) is 0 Å². The van der Waals surface area contributed by atoms with Gasteiger partial charge in [-0.15, -0.1) is 6.58 Å². The first-order chi connectivity index (χ1) is 5.99. The summed E-state index contributed by atoms with van der Waals surface area (Å²) in [6.45, 7) is 9.76. The van der Waals surface area contributed by atoms with E-state index in [2.05, 4.69) is 13.5 Å². The van der Waals surface area contributed by atoms with Crippen molar-refractivity contribution in [3.63, 3.8) is 0 Å². The fraction of sp³-hybridized carbons (Fsp3) is 0.727. The Kier molecular flexibility index (Phi) is 5.63. The molecule has 2 nitrogen and oxygen atoms in total. The lowest BCUT2D eigenvalue weighted by molar-refractivity contribution is -0.121. The topological polar surface area (TPSA) is 43.1 Å². The maximum atomic E-state index is 11.5. The Labute approximate surface area is 81.2 Å². The number of carbonyl (C=O) groups is 1. The maximum Gasteiger partial charge on any atom is 0.150 e. The molecule has 0 aromatic carbocycles. The summed E-state index contributed by atoms with van der Waals surface area (Å²) < 4.78 is 0. The van der Waals surface area contributed by atoms with Gasteiger partial charge in [-0.2, -0.15) is 0 Å². The van der Waals surface area contributed by atoms with Crippen molar-refractivity contribution in [2.75, 3.05) is 0 Å². The number of rotatable bonds is 6. The third-order valence-electron chi connectivity index (χ3n) is 2.43. The van der Waals surface area contributed by atoms with Crippen LogP contribution in [0.15, 0.2) is 12.2 Å². The summed E-state index contributed by atoms with van der Waals surface area (Å²) in [4.78, 5) is 11.5. The molecule has 0 aliphatic carbocycles. The van der Waals surface area contributed by atoms with Crippen LogP contribution >= 0.6 is 0 Å². The van der Waals surface area contributed by atoms with E-state index in [1.165, 1.54) is 0 Å². The number of hydrogen-bond acceptors (Lipinski definition) is 2. The Morgan fingerprint density at radius 1 is 1.46 bits per heavy atom. The molecule has 0 spiro atoms. The number of Topliss-reactive ketones (excluding diaryl/α,β-unsaturated/α-hetero) is 1. The summed E-state index contributed by atoms with van der Waals surface area (Å²) in [5.74, 6) is 0.454. The molecule has 76 valence electrons. The van der Waals surface area contributed by atoms with Crippen LogP contribution in [0, 0.1) is 5.92 Å². The second kappa shape index (κ2) is 5.92. The van der Waals surface area contributed by atoms with Crippen LogP contribution in [0.5, 0.6) is 0 Å². The Balaban J connectivity index is 3.89. The molecule has 0 saturated heterocycles. The van der Waals surface area contributed by atoms with E-state index in [1.807, 2.05) is 13.8 Å². The fourth-order valence-corrected chi connectivity index (χ4v) is 1.07. The lowest BCUT2D eigenvalue weighted by Crippen LogP contribution is -2.36. The average Bonchev–Trinajstić information content (AvgIpc) is 2.11. The Morgan fingerprint density at radius 3 is 2.38 bits per heavy atom. The molecular weight excluding hydrogens is 162 g/mol. The van der Waals surface area contributed by atoms with Gasteiger partial charge in [-0.3, -0.25) is 4.79 Å². The highest BCUT2D eigenvalue weighted by atomic mass is 16.1. The summed E-state index contributed by atoms with van der Waals surface area (Å²) in [6.07, 6.45) is 2.27. The predicted molar refractivity (Wildman–Crippen MR) is 56.5 cm³/mol. The normalized spacial score (nSPS) is 15.1. The van der Waals surface area contributed by atoms with Gasteiger partial charge in [-0.25, -0.2) is 0 Å². The second-order valence-electron chi connectivity index (χ2n) is 3.83. The quantitative estimate of drug-likeness (QED) is 0.642. The van der Waals surface area contributed by atoms with Crippen molar-refractivity contribution in [2.24, 2.45) is 11.7 Å². The van der Waals surface area contributed by atoms with Crippen LogP contribution in [0.2, 0.25) is 0 Å². The number of carbonyl (C=O) groups excluding carboxylic acids is 1. The minimum Gasteiger partial charge on any atom is -0.321 e. The zero-order valence-corrected chi connectivity index (χ0v) is 8.97. The van der Waals surface area contributed by atoms with Crippen LogP contribution in [0.1, 0.15) is 40.0 Å². The van der Waals surface area contributed by atoms with Crippen LogP contribution in [-0.2, 0) is 4.79 Å². The van der Waals surface area contributed by atoms with Crippen LogP contribution in [0.4, 0.5) is 0 Å². The van der Waals surface area contributed by atoms with Gasteiger partial charge in [-0.05, 0) is 19.3 Å². The van der Waals surface area contributed by atoms with Crippen LogP contribution in [0.3, 0.4) is 0 Å². The predicted octanol–water partition coefficient (Wildman–Crippen LogP) is 2.29. The van der Waals surface area contributed by atoms with Gasteiger partial charge in [0.05, 0.1) is 6.04 Å². The van der Waals surface area contributed by atoms with E-state index in [0.29, 0.717) is 6.42 Å². The largest absolute Gasteiger partial charge is 0.321 e. The molecule has 0 bridgehead atoms. The van der Waals surface area contributed by atoms with Crippen molar-refractivity contribution in [2.45, 2.75) is 46.1 Å². The zero-order valence-electron chi connectivity index (χ0n) is 8.97. The molecule has 0 aliphatic heterocycles. The molecule has 0 saturated carbocycles. The summed E-state index contributed by atoms with van der Waals surface area (Å²) in [5.41, 5.74) is 6.82. The van der Waals surface area contributed by atoms with Crippen molar-refractivity contribution >= 4 is 5.78 Å². The van der Waals surface area contributed by atoms with E-state index in [4.69, 9.17) is 5.73 Å². The van der Waals surface area contributed by atoms with E-state index >= 15 is 0 Å². The van der Waals surface area contributed by atoms with Gasteiger partial charge in [0, 0.05) is 6.42 Å². The molecule has 0 aromatic rings. The van der Waals surface area contributed by atoms with Crippen molar-refractivity contribution in [3.8, 4) is 0 Å². The van der Waals surface area contributed by atoms with Crippen molar-refractivity contribution in [3.05, 3.63) is 12.2 Å². The lowest BCUT2D eigenvalue weighted by atomic mass is 9.93. The highest BCUT2D eigenvalue weighted by Crippen LogP contribution is 2.10. The molecule has 0 aliphatic rings. The van der Waals surface area contributed by atoms with Gasteiger partial charge < -0.3 is 5.73 Å². The third kappa shape index (κ3) is 4.83. The molecule has 0 heterocycles. The van der Waals surface area contributed by atoms with Gasteiger partial charge >= 0.3 is 0 Å². The molecule has 2 N–H and O–H groups in total. The summed E-state index contributed by atoms with van der Waals surface area (Å²) >= 11 is 0. The van der Waals surface area contributed by atoms with Crippen LogP contribution in [0.25, 0.3) is 0 Å². The third-order valence-corrected chi connectivity index (χ3v) is 2.43. The average molecular weight is 183 g/mol. The first-order valence-corrected chi connectivity index (χ1v) is 4.91. The molecule has 13 heavy (non-hydrogen) atoms. The van der Waals surface area contributed by atoms with Crippen LogP contribution in [-0.4, -0.2) is 11.8 Å². The van der Waals surface area contributed by atoms with Gasteiger partial charge in [0.2, 0.25) is 0 Å². The molecule has 2 heteroatoms. The maximum absolute atomic E-state index is 11.5. The molecule has 0 radical (unpaired) electrons. The first-order valence-electron chi connectivity index (χ1n) is 4.91. The van der Waals surface area contributed by atoms with Crippen molar-refractivity contribution < 1.29 is 4.79 Å². The lowest BCUT2D eigenvalue weighted by Gasteiger charge is -2.16. The Morgan fingerprint density at radius 2 is 2.00 bits per heavy atom. The Hall–Kier alpha value is -0.630. The minimum atomic E-state index is -0.288. The highest BCUT2D eigenvalue weighted by Gasteiger charge is 2.18. The summed E-state index contributed by atoms with van der Waals surface area (Å²) in [5, 5.41) is 0. The first kappa shape index (κ1) is 12.4. The van der Waals surface area contributed by atoms with E-state index in [9.17, 15) is 4.79 Å². The SMILES string of the molecule is C=C(C)CCC(=O)C(N)C(C)CC. The molecule has 0 amide bonds. The molecular formula is C11H21NO. The standard InChI is InChI=1S/C11H21NO/c1-5-9(4)11(12)10(13)7-6-8(2)3/h9,11H,2,5-7,12H2,1,3-4H3. The molecule has 0 fully saturated rings. The number of ketones is 1. The van der Waals surface area contributed by atoms with Gasteiger partial charge in [0.25, 0.3) is 0 Å². The molecule has 2 atom stereocenters. The van der Waals surface area contributed by atoms with Crippen molar-refractivity contribution in [1.82, 2.24) is 0 Å². The van der Waals surface area contributed by atoms with E-state index in [1.54, 1.807) is 0 Å². The van der Waals surface area contributed by atoms with Gasteiger partial charge in [0.1, 0.15) is 5.78 Å². The van der Waals surface area contributed by atoms with Gasteiger partial charge in [-0.1, -0.05) is 25.8 Å². The van der Waals surface area contributed by atoms with Crippen LogP contribution < -0.4 is 5.73 Å². The van der Waals surface area contributed by atoms with E-state index < -0.39 is 0 Å². The summed E-state index contributed by atoms with van der Waals surface area (Å²) in [7, 11) is 0. The second-order valence-corrected chi connectivity index (χ2v) is 3.83. The zero-order chi connectivity index (χ0) is 10.4.